The molecule has 5 nitrogen and oxygen atoms in total. The van der Waals surface area contributed by atoms with Crippen LogP contribution in [0.5, 0.6) is 11.5 Å². The molecule has 3 aromatic rings. The first kappa shape index (κ1) is 12.2. The summed E-state index contributed by atoms with van der Waals surface area (Å²) in [6.07, 6.45) is 1.65. The second kappa shape index (κ2) is 5.05. The second-order valence-electron chi connectivity index (χ2n) is 4.39. The van der Waals surface area contributed by atoms with Crippen molar-refractivity contribution in [3.05, 3.63) is 48.8 Å². The summed E-state index contributed by atoms with van der Waals surface area (Å²) >= 11 is 0. The Bertz CT molecular complexity index is 747. The summed E-state index contributed by atoms with van der Waals surface area (Å²) < 4.78 is 5.76. The number of H-pyrrole nitrogens is 1. The van der Waals surface area contributed by atoms with Crippen LogP contribution >= 0.6 is 0 Å². The van der Waals surface area contributed by atoms with E-state index in [-0.39, 0.29) is 5.91 Å². The fourth-order valence-electron chi connectivity index (χ4n) is 1.92. The number of nitrogens with zero attached hydrogens (tertiary/aromatic N) is 1. The number of imidazole rings is 1. The number of ether oxygens (including phenoxy) is 1. The molecule has 0 bridgehead atoms. The molecule has 1 amide bonds. The van der Waals surface area contributed by atoms with E-state index in [1.54, 1.807) is 18.5 Å². The summed E-state index contributed by atoms with van der Waals surface area (Å²) in [6.45, 7) is 1.48. The summed E-state index contributed by atoms with van der Waals surface area (Å²) in [6, 6.07) is 12.9. The number of carbonyl (C=O) groups is 1. The zero-order valence-electron chi connectivity index (χ0n) is 10.9. The SMILES string of the molecule is CC(=O)Nc1ccc(Oc2ccc3nc[nH]c3c2)cc1. The van der Waals surface area contributed by atoms with Crippen molar-refractivity contribution in [3.8, 4) is 11.5 Å². The number of benzene rings is 2. The maximum Gasteiger partial charge on any atom is 0.221 e. The molecule has 0 aliphatic heterocycles. The first-order valence-electron chi connectivity index (χ1n) is 6.19. The molecule has 0 unspecified atom stereocenters. The van der Waals surface area contributed by atoms with Crippen LogP contribution in [-0.4, -0.2) is 15.9 Å². The number of hydrogen-bond acceptors (Lipinski definition) is 3. The van der Waals surface area contributed by atoms with Gasteiger partial charge in [-0.1, -0.05) is 0 Å². The quantitative estimate of drug-likeness (QED) is 0.765. The molecular formula is C15H13N3O2. The van der Waals surface area contributed by atoms with Gasteiger partial charge in [-0.25, -0.2) is 4.98 Å². The Kier molecular flexibility index (Phi) is 3.09. The van der Waals surface area contributed by atoms with E-state index in [4.69, 9.17) is 4.74 Å². The average molecular weight is 267 g/mol. The largest absolute Gasteiger partial charge is 0.457 e. The molecule has 3 rings (SSSR count). The van der Waals surface area contributed by atoms with Gasteiger partial charge >= 0.3 is 0 Å². The highest BCUT2D eigenvalue weighted by molar-refractivity contribution is 5.88. The molecule has 2 aromatic carbocycles. The van der Waals surface area contributed by atoms with E-state index in [0.29, 0.717) is 5.75 Å². The molecule has 0 aliphatic carbocycles. The van der Waals surface area contributed by atoms with Crippen LogP contribution in [0.3, 0.4) is 0 Å². The highest BCUT2D eigenvalue weighted by Gasteiger charge is 2.02. The molecule has 0 aliphatic rings. The Morgan fingerprint density at radius 3 is 2.65 bits per heavy atom. The number of amides is 1. The van der Waals surface area contributed by atoms with Crippen LogP contribution < -0.4 is 10.1 Å². The topological polar surface area (TPSA) is 67.0 Å². The fourth-order valence-corrected chi connectivity index (χ4v) is 1.92. The molecule has 0 fully saturated rings. The van der Waals surface area contributed by atoms with Crippen LogP contribution in [0.1, 0.15) is 6.92 Å². The highest BCUT2D eigenvalue weighted by atomic mass is 16.5. The summed E-state index contributed by atoms with van der Waals surface area (Å²) in [7, 11) is 0. The molecule has 0 saturated carbocycles. The first-order valence-corrected chi connectivity index (χ1v) is 6.19. The van der Waals surface area contributed by atoms with Gasteiger partial charge in [0.1, 0.15) is 11.5 Å². The summed E-state index contributed by atoms with van der Waals surface area (Å²) in [4.78, 5) is 18.1. The first-order chi connectivity index (χ1) is 9.70. The van der Waals surface area contributed by atoms with E-state index < -0.39 is 0 Å². The number of rotatable bonds is 3. The zero-order valence-corrected chi connectivity index (χ0v) is 10.9. The Hall–Kier alpha value is -2.82. The van der Waals surface area contributed by atoms with Gasteiger partial charge in [-0.15, -0.1) is 0 Å². The number of aromatic nitrogens is 2. The predicted octanol–water partition coefficient (Wildman–Crippen LogP) is 3.31. The minimum atomic E-state index is -0.0941. The van der Waals surface area contributed by atoms with Gasteiger partial charge in [0.2, 0.25) is 5.91 Å². The second-order valence-corrected chi connectivity index (χ2v) is 4.39. The summed E-state index contributed by atoms with van der Waals surface area (Å²) in [5, 5.41) is 2.71. The molecule has 0 atom stereocenters. The third-order valence-corrected chi connectivity index (χ3v) is 2.80. The van der Waals surface area contributed by atoms with Crippen LogP contribution in [0.25, 0.3) is 11.0 Å². The Morgan fingerprint density at radius 1 is 1.15 bits per heavy atom. The van der Waals surface area contributed by atoms with Crippen molar-refractivity contribution < 1.29 is 9.53 Å². The molecule has 2 N–H and O–H groups in total. The molecule has 5 heteroatoms. The van der Waals surface area contributed by atoms with Gasteiger partial charge in [0, 0.05) is 18.7 Å². The van der Waals surface area contributed by atoms with Gasteiger partial charge in [-0.2, -0.15) is 0 Å². The third kappa shape index (κ3) is 2.61. The standard InChI is InChI=1S/C15H13N3O2/c1-10(19)18-11-2-4-12(5-3-11)20-13-6-7-14-15(8-13)17-9-16-14/h2-9H,1H3,(H,16,17)(H,18,19). The van der Waals surface area contributed by atoms with Crippen LogP contribution in [-0.2, 0) is 4.79 Å². The van der Waals surface area contributed by atoms with Gasteiger partial charge in [0.15, 0.2) is 0 Å². The van der Waals surface area contributed by atoms with Crippen LogP contribution in [0.15, 0.2) is 48.8 Å². The van der Waals surface area contributed by atoms with Crippen molar-refractivity contribution in [3.63, 3.8) is 0 Å². The smallest absolute Gasteiger partial charge is 0.221 e. The Balaban J connectivity index is 1.78. The van der Waals surface area contributed by atoms with E-state index in [1.165, 1.54) is 6.92 Å². The number of hydrogen-bond donors (Lipinski definition) is 2. The van der Waals surface area contributed by atoms with Crippen molar-refractivity contribution in [2.45, 2.75) is 6.92 Å². The minimum Gasteiger partial charge on any atom is -0.457 e. The van der Waals surface area contributed by atoms with Crippen molar-refractivity contribution in [1.82, 2.24) is 9.97 Å². The highest BCUT2D eigenvalue weighted by Crippen LogP contribution is 2.25. The molecule has 0 saturated heterocycles. The molecule has 0 radical (unpaired) electrons. The van der Waals surface area contributed by atoms with Crippen LogP contribution in [0.2, 0.25) is 0 Å². The van der Waals surface area contributed by atoms with Gasteiger partial charge in [-0.05, 0) is 36.4 Å². The van der Waals surface area contributed by atoms with Crippen LogP contribution in [0.4, 0.5) is 5.69 Å². The maximum atomic E-state index is 10.9. The fraction of sp³-hybridized carbons (Fsp3) is 0.0667. The monoisotopic (exact) mass is 267 g/mol. The molecule has 0 spiro atoms. The number of aromatic amines is 1. The maximum absolute atomic E-state index is 10.9. The number of anilines is 1. The lowest BCUT2D eigenvalue weighted by Gasteiger charge is -2.07. The van der Waals surface area contributed by atoms with Crippen molar-refractivity contribution in [2.75, 3.05) is 5.32 Å². The molecule has 1 aromatic heterocycles. The number of nitrogens with one attached hydrogen (secondary N) is 2. The van der Waals surface area contributed by atoms with Crippen molar-refractivity contribution in [1.29, 1.82) is 0 Å². The van der Waals surface area contributed by atoms with Crippen molar-refractivity contribution >= 4 is 22.6 Å². The number of fused-ring (bicyclic) bond motifs is 1. The van der Waals surface area contributed by atoms with E-state index >= 15 is 0 Å². The normalized spacial score (nSPS) is 10.4. The summed E-state index contributed by atoms with van der Waals surface area (Å²) in [5.74, 6) is 1.34. The lowest BCUT2D eigenvalue weighted by molar-refractivity contribution is -0.114. The van der Waals surface area contributed by atoms with Crippen molar-refractivity contribution in [2.24, 2.45) is 0 Å². The third-order valence-electron chi connectivity index (χ3n) is 2.80. The van der Waals surface area contributed by atoms with E-state index in [9.17, 15) is 4.79 Å². The van der Waals surface area contributed by atoms with Crippen LogP contribution in [0, 0.1) is 0 Å². The average Bonchev–Trinajstić information content (AvgIpc) is 2.88. The molecular weight excluding hydrogens is 254 g/mol. The zero-order chi connectivity index (χ0) is 13.9. The Morgan fingerprint density at radius 2 is 1.90 bits per heavy atom. The van der Waals surface area contributed by atoms with Gasteiger partial charge < -0.3 is 15.0 Å². The van der Waals surface area contributed by atoms with E-state index in [2.05, 4.69) is 15.3 Å². The van der Waals surface area contributed by atoms with Gasteiger partial charge in [0.05, 0.1) is 17.4 Å². The molecule has 20 heavy (non-hydrogen) atoms. The van der Waals surface area contributed by atoms with Gasteiger partial charge in [-0.3, -0.25) is 4.79 Å². The molecule has 1 heterocycles. The molecule has 100 valence electrons. The summed E-state index contributed by atoms with van der Waals surface area (Å²) in [5.41, 5.74) is 2.57. The lowest BCUT2D eigenvalue weighted by Crippen LogP contribution is -2.05. The van der Waals surface area contributed by atoms with E-state index in [1.807, 2.05) is 30.3 Å². The lowest BCUT2D eigenvalue weighted by atomic mass is 10.3. The minimum absolute atomic E-state index is 0.0941. The predicted molar refractivity (Wildman–Crippen MR) is 76.9 cm³/mol. The van der Waals surface area contributed by atoms with E-state index in [0.717, 1.165) is 22.5 Å². The Labute approximate surface area is 115 Å². The van der Waals surface area contributed by atoms with Gasteiger partial charge in [0.25, 0.3) is 0 Å². The number of carbonyl (C=O) groups excluding carboxylic acids is 1.